The first-order valence-corrected chi connectivity index (χ1v) is 9.48. The number of rotatable bonds is 5. The second kappa shape index (κ2) is 8.02. The standard InChI is InChI=1S/C24H20ClNO3/c1-27-17-8-4-15(5-9-17)22-20-13-12-19(29-3)14-21(20)24(25)26-23(22)16-6-10-18(28-2)11-7-16/h4-14H,1-3H3. The zero-order valence-electron chi connectivity index (χ0n) is 16.4. The largest absolute Gasteiger partial charge is 0.497 e. The zero-order chi connectivity index (χ0) is 20.4. The lowest BCUT2D eigenvalue weighted by atomic mass is 9.94. The highest BCUT2D eigenvalue weighted by Crippen LogP contribution is 2.41. The predicted octanol–water partition coefficient (Wildman–Crippen LogP) is 6.25. The van der Waals surface area contributed by atoms with Crippen LogP contribution in [0.5, 0.6) is 17.2 Å². The Morgan fingerprint density at radius 2 is 1.14 bits per heavy atom. The lowest BCUT2D eigenvalue weighted by molar-refractivity contribution is 0.414. The molecule has 146 valence electrons. The highest BCUT2D eigenvalue weighted by molar-refractivity contribution is 6.35. The molecule has 5 heteroatoms. The number of aromatic nitrogens is 1. The Bertz CT molecular complexity index is 1160. The minimum Gasteiger partial charge on any atom is -0.497 e. The maximum Gasteiger partial charge on any atom is 0.137 e. The number of nitrogens with zero attached hydrogens (tertiary/aromatic N) is 1. The van der Waals surface area contributed by atoms with Crippen LogP contribution in [0.15, 0.2) is 66.7 Å². The fraction of sp³-hybridized carbons (Fsp3) is 0.125. The number of ether oxygens (including phenoxy) is 3. The minimum atomic E-state index is 0.432. The fourth-order valence-corrected chi connectivity index (χ4v) is 3.63. The molecule has 0 aliphatic rings. The number of hydrogen-bond acceptors (Lipinski definition) is 4. The van der Waals surface area contributed by atoms with Crippen LogP contribution in [0.4, 0.5) is 0 Å². The topological polar surface area (TPSA) is 40.6 Å². The molecule has 0 spiro atoms. The summed E-state index contributed by atoms with van der Waals surface area (Å²) in [4.78, 5) is 4.76. The molecular weight excluding hydrogens is 386 g/mol. The molecule has 0 saturated heterocycles. The Labute approximate surface area is 174 Å². The quantitative estimate of drug-likeness (QED) is 0.368. The molecule has 0 N–H and O–H groups in total. The van der Waals surface area contributed by atoms with Gasteiger partial charge in [0.15, 0.2) is 0 Å². The van der Waals surface area contributed by atoms with Crippen molar-refractivity contribution in [1.29, 1.82) is 0 Å². The molecule has 0 aliphatic carbocycles. The van der Waals surface area contributed by atoms with Crippen molar-refractivity contribution in [2.24, 2.45) is 0 Å². The maximum atomic E-state index is 6.60. The maximum absolute atomic E-state index is 6.60. The van der Waals surface area contributed by atoms with Crippen molar-refractivity contribution >= 4 is 22.4 Å². The first-order valence-electron chi connectivity index (χ1n) is 9.10. The average Bonchev–Trinajstić information content (AvgIpc) is 2.79. The summed E-state index contributed by atoms with van der Waals surface area (Å²) >= 11 is 6.60. The number of hydrogen-bond donors (Lipinski definition) is 0. The van der Waals surface area contributed by atoms with Gasteiger partial charge in [0.05, 0.1) is 27.0 Å². The van der Waals surface area contributed by atoms with Crippen LogP contribution in [-0.4, -0.2) is 26.3 Å². The van der Waals surface area contributed by atoms with Crippen LogP contribution in [0.2, 0.25) is 5.15 Å². The first kappa shape index (κ1) is 19.1. The van der Waals surface area contributed by atoms with E-state index in [1.165, 1.54) is 0 Å². The average molecular weight is 406 g/mol. The summed E-state index contributed by atoms with van der Waals surface area (Å²) in [5.74, 6) is 2.32. The zero-order valence-corrected chi connectivity index (χ0v) is 17.2. The van der Waals surface area contributed by atoms with E-state index in [4.69, 9.17) is 30.8 Å². The van der Waals surface area contributed by atoms with Crippen LogP contribution in [-0.2, 0) is 0 Å². The third-order valence-electron chi connectivity index (χ3n) is 4.91. The highest BCUT2D eigenvalue weighted by atomic mass is 35.5. The normalized spacial score (nSPS) is 10.8. The monoisotopic (exact) mass is 405 g/mol. The first-order chi connectivity index (χ1) is 14.1. The summed E-state index contributed by atoms with van der Waals surface area (Å²) in [7, 11) is 4.94. The van der Waals surface area contributed by atoms with Gasteiger partial charge in [-0.25, -0.2) is 4.98 Å². The van der Waals surface area contributed by atoms with Crippen molar-refractivity contribution < 1.29 is 14.2 Å². The van der Waals surface area contributed by atoms with Gasteiger partial charge in [-0.15, -0.1) is 0 Å². The van der Waals surface area contributed by atoms with Gasteiger partial charge in [-0.1, -0.05) is 23.7 Å². The summed E-state index contributed by atoms with van der Waals surface area (Å²) in [5, 5.41) is 2.28. The Hall–Kier alpha value is -3.24. The van der Waals surface area contributed by atoms with Gasteiger partial charge in [-0.2, -0.15) is 0 Å². The van der Waals surface area contributed by atoms with E-state index in [-0.39, 0.29) is 0 Å². The molecule has 4 rings (SSSR count). The molecule has 0 atom stereocenters. The third kappa shape index (κ3) is 3.59. The summed E-state index contributed by atoms with van der Waals surface area (Å²) in [6, 6.07) is 21.6. The summed E-state index contributed by atoms with van der Waals surface area (Å²) in [6.07, 6.45) is 0. The van der Waals surface area contributed by atoms with Gasteiger partial charge >= 0.3 is 0 Å². The van der Waals surface area contributed by atoms with Crippen LogP contribution in [0, 0.1) is 0 Å². The molecule has 4 aromatic rings. The Balaban J connectivity index is 2.02. The molecular formula is C24H20ClNO3. The van der Waals surface area contributed by atoms with Crippen molar-refractivity contribution in [1.82, 2.24) is 4.98 Å². The van der Waals surface area contributed by atoms with Crippen molar-refractivity contribution in [3.8, 4) is 39.6 Å². The number of benzene rings is 3. The van der Waals surface area contributed by atoms with Crippen LogP contribution in [0.1, 0.15) is 0 Å². The predicted molar refractivity (Wildman–Crippen MR) is 117 cm³/mol. The van der Waals surface area contributed by atoms with Crippen molar-refractivity contribution in [2.45, 2.75) is 0 Å². The second-order valence-electron chi connectivity index (χ2n) is 6.49. The Kier molecular flexibility index (Phi) is 5.28. The lowest BCUT2D eigenvalue weighted by Gasteiger charge is -2.16. The minimum absolute atomic E-state index is 0.432. The van der Waals surface area contributed by atoms with E-state index in [0.29, 0.717) is 5.15 Å². The fourth-order valence-electron chi connectivity index (χ4n) is 3.39. The van der Waals surface area contributed by atoms with Gasteiger partial charge in [-0.05, 0) is 65.5 Å². The second-order valence-corrected chi connectivity index (χ2v) is 6.85. The number of fused-ring (bicyclic) bond motifs is 1. The van der Waals surface area contributed by atoms with E-state index in [1.807, 2.05) is 66.7 Å². The van der Waals surface area contributed by atoms with E-state index >= 15 is 0 Å². The lowest BCUT2D eigenvalue weighted by Crippen LogP contribution is -1.95. The van der Waals surface area contributed by atoms with Crippen LogP contribution in [0.25, 0.3) is 33.2 Å². The van der Waals surface area contributed by atoms with E-state index in [9.17, 15) is 0 Å². The SMILES string of the molecule is COc1ccc(-c2nc(Cl)c3cc(OC)ccc3c2-c2ccc(OC)cc2)cc1. The molecule has 1 heterocycles. The van der Waals surface area contributed by atoms with Gasteiger partial charge in [0, 0.05) is 16.5 Å². The smallest absolute Gasteiger partial charge is 0.137 e. The molecule has 0 saturated carbocycles. The molecule has 0 amide bonds. The van der Waals surface area contributed by atoms with E-state index < -0.39 is 0 Å². The van der Waals surface area contributed by atoms with Crippen molar-refractivity contribution in [3.05, 3.63) is 71.9 Å². The summed E-state index contributed by atoms with van der Waals surface area (Å²) in [5.41, 5.74) is 3.78. The number of methoxy groups -OCH3 is 3. The molecule has 29 heavy (non-hydrogen) atoms. The molecule has 0 radical (unpaired) electrons. The van der Waals surface area contributed by atoms with Crippen molar-refractivity contribution in [3.63, 3.8) is 0 Å². The molecule has 4 nitrogen and oxygen atoms in total. The molecule has 0 bridgehead atoms. The van der Waals surface area contributed by atoms with E-state index in [1.54, 1.807) is 21.3 Å². The molecule has 0 unspecified atom stereocenters. The number of pyridine rings is 1. The van der Waals surface area contributed by atoms with Gasteiger partial charge in [-0.3, -0.25) is 0 Å². The molecule has 3 aromatic carbocycles. The highest BCUT2D eigenvalue weighted by Gasteiger charge is 2.17. The Morgan fingerprint density at radius 3 is 1.69 bits per heavy atom. The van der Waals surface area contributed by atoms with Gasteiger partial charge < -0.3 is 14.2 Å². The van der Waals surface area contributed by atoms with E-state index in [2.05, 4.69) is 0 Å². The third-order valence-corrected chi connectivity index (χ3v) is 5.20. The van der Waals surface area contributed by atoms with Crippen LogP contribution < -0.4 is 14.2 Å². The summed E-state index contributed by atoms with van der Waals surface area (Å²) in [6.45, 7) is 0. The van der Waals surface area contributed by atoms with E-state index in [0.717, 1.165) is 50.4 Å². The summed E-state index contributed by atoms with van der Waals surface area (Å²) < 4.78 is 16.0. The molecule has 1 aromatic heterocycles. The van der Waals surface area contributed by atoms with Crippen molar-refractivity contribution in [2.75, 3.05) is 21.3 Å². The molecule has 0 fully saturated rings. The molecule has 0 aliphatic heterocycles. The van der Waals surface area contributed by atoms with Crippen LogP contribution >= 0.6 is 11.6 Å². The number of halogens is 1. The van der Waals surface area contributed by atoms with Gasteiger partial charge in [0.1, 0.15) is 22.4 Å². The Morgan fingerprint density at radius 1 is 0.621 bits per heavy atom. The van der Waals surface area contributed by atoms with Crippen LogP contribution in [0.3, 0.4) is 0 Å². The van der Waals surface area contributed by atoms with Gasteiger partial charge in [0.2, 0.25) is 0 Å². The van der Waals surface area contributed by atoms with Gasteiger partial charge in [0.25, 0.3) is 0 Å².